The Morgan fingerprint density at radius 3 is 2.58 bits per heavy atom. The van der Waals surface area contributed by atoms with E-state index in [2.05, 4.69) is 58.0 Å². The van der Waals surface area contributed by atoms with Crippen molar-refractivity contribution in [2.45, 2.75) is 39.0 Å². The van der Waals surface area contributed by atoms with Gasteiger partial charge in [-0.15, -0.1) is 5.10 Å². The molecule has 0 spiro atoms. The van der Waals surface area contributed by atoms with E-state index in [4.69, 9.17) is 9.47 Å². The molecule has 1 aromatic heterocycles. The summed E-state index contributed by atoms with van der Waals surface area (Å²) in [6.45, 7) is 5.33. The van der Waals surface area contributed by atoms with E-state index in [1.54, 1.807) is 0 Å². The lowest BCUT2D eigenvalue weighted by atomic mass is 10.0. The Kier molecular flexibility index (Phi) is 5.65. The lowest BCUT2D eigenvalue weighted by molar-refractivity contribution is 0.159. The summed E-state index contributed by atoms with van der Waals surface area (Å²) in [4.78, 5) is 0. The molecule has 0 unspecified atom stereocenters. The van der Waals surface area contributed by atoms with Gasteiger partial charge in [0.25, 0.3) is 0 Å². The molecule has 6 nitrogen and oxygen atoms in total. The number of tetrazole rings is 1. The van der Waals surface area contributed by atoms with Crippen LogP contribution in [-0.2, 0) is 19.6 Å². The van der Waals surface area contributed by atoms with Crippen LogP contribution in [0.3, 0.4) is 0 Å². The molecule has 0 fully saturated rings. The van der Waals surface area contributed by atoms with E-state index < -0.39 is 0 Å². The smallest absolute Gasteiger partial charge is 0.182 e. The van der Waals surface area contributed by atoms with Gasteiger partial charge in [0.15, 0.2) is 5.82 Å². The molecule has 0 amide bonds. The third-order valence-electron chi connectivity index (χ3n) is 5.62. The largest absolute Gasteiger partial charge is 0.489 e. The minimum absolute atomic E-state index is 0.293. The summed E-state index contributed by atoms with van der Waals surface area (Å²) < 4.78 is 13.7. The number of aryl methyl sites for hydroxylation is 2. The van der Waals surface area contributed by atoms with E-state index in [9.17, 15) is 0 Å². The van der Waals surface area contributed by atoms with Crippen LogP contribution in [0.4, 0.5) is 0 Å². The summed E-state index contributed by atoms with van der Waals surface area (Å²) in [5.41, 5.74) is 4.06. The Hall–Kier alpha value is -3.93. The monoisotopic (exact) mass is 438 g/mol. The molecular weight excluding hydrogens is 412 g/mol. The van der Waals surface area contributed by atoms with Gasteiger partial charge in [-0.2, -0.15) is 0 Å². The Morgan fingerprint density at radius 2 is 1.76 bits per heavy atom. The predicted octanol–water partition coefficient (Wildman–Crippen LogP) is 5.35. The maximum absolute atomic E-state index is 6.02. The zero-order valence-electron chi connectivity index (χ0n) is 18.8. The molecule has 6 heteroatoms. The molecule has 4 aromatic rings. The highest BCUT2D eigenvalue weighted by atomic mass is 16.5. The molecule has 166 valence electrons. The zero-order valence-corrected chi connectivity index (χ0v) is 18.8. The molecule has 0 radical (unpaired) electrons. The van der Waals surface area contributed by atoms with Crippen molar-refractivity contribution in [3.05, 3.63) is 95.6 Å². The van der Waals surface area contributed by atoms with E-state index in [0.29, 0.717) is 13.2 Å². The van der Waals surface area contributed by atoms with Gasteiger partial charge in [0, 0.05) is 17.7 Å². The fraction of sp³-hybridized carbons (Fsp3) is 0.222. The lowest BCUT2D eigenvalue weighted by Crippen LogP contribution is -2.27. The molecule has 0 atom stereocenters. The average Bonchev–Trinajstić information content (AvgIpc) is 3.30. The number of ether oxygens (including phenoxy) is 2. The Labute approximate surface area is 193 Å². The fourth-order valence-electron chi connectivity index (χ4n) is 3.81. The van der Waals surface area contributed by atoms with Crippen molar-refractivity contribution in [1.29, 1.82) is 0 Å². The summed E-state index contributed by atoms with van der Waals surface area (Å²) in [5.74, 6) is 2.48. The molecule has 0 aliphatic carbocycles. The van der Waals surface area contributed by atoms with Gasteiger partial charge < -0.3 is 9.47 Å². The van der Waals surface area contributed by atoms with E-state index in [-0.39, 0.29) is 5.60 Å². The maximum Gasteiger partial charge on any atom is 0.182 e. The Morgan fingerprint density at radius 1 is 0.939 bits per heavy atom. The number of aromatic nitrogens is 4. The van der Waals surface area contributed by atoms with Crippen LogP contribution >= 0.6 is 0 Å². The zero-order chi connectivity index (χ0) is 22.7. The molecule has 1 aliphatic heterocycles. The van der Waals surface area contributed by atoms with Crippen molar-refractivity contribution in [2.75, 3.05) is 0 Å². The minimum Gasteiger partial charge on any atom is -0.489 e. The van der Waals surface area contributed by atoms with Crippen LogP contribution in [-0.4, -0.2) is 25.8 Å². The highest BCUT2D eigenvalue weighted by Gasteiger charge is 2.22. The second-order valence-electron chi connectivity index (χ2n) is 8.69. The van der Waals surface area contributed by atoms with Crippen LogP contribution < -0.4 is 9.47 Å². The van der Waals surface area contributed by atoms with Crippen LogP contribution in [0, 0.1) is 0 Å². The van der Waals surface area contributed by atoms with Crippen molar-refractivity contribution in [2.24, 2.45) is 0 Å². The molecule has 0 bridgehead atoms. The molecule has 0 saturated heterocycles. The molecule has 3 aromatic carbocycles. The van der Waals surface area contributed by atoms with Gasteiger partial charge in [0.05, 0.1) is 0 Å². The number of hydrogen-bond acceptors (Lipinski definition) is 5. The van der Waals surface area contributed by atoms with Gasteiger partial charge in [-0.05, 0) is 78.2 Å². The van der Waals surface area contributed by atoms with Crippen molar-refractivity contribution >= 4 is 6.08 Å². The second-order valence-corrected chi connectivity index (χ2v) is 8.69. The van der Waals surface area contributed by atoms with Crippen LogP contribution in [0.1, 0.15) is 30.5 Å². The van der Waals surface area contributed by atoms with Crippen LogP contribution in [0.15, 0.2) is 78.9 Å². The third kappa shape index (κ3) is 4.95. The quantitative estimate of drug-likeness (QED) is 0.389. The second kappa shape index (κ2) is 8.90. The van der Waals surface area contributed by atoms with Crippen molar-refractivity contribution < 1.29 is 9.47 Å². The average molecular weight is 439 g/mol. The fourth-order valence-corrected chi connectivity index (χ4v) is 3.81. The van der Waals surface area contributed by atoms with Crippen LogP contribution in [0.5, 0.6) is 11.5 Å². The molecule has 1 aliphatic rings. The van der Waals surface area contributed by atoms with E-state index in [0.717, 1.165) is 40.4 Å². The summed E-state index contributed by atoms with van der Waals surface area (Å²) in [5, 5.41) is 12.4. The minimum atomic E-state index is -0.293. The Bertz CT molecular complexity index is 1260. The van der Waals surface area contributed by atoms with Gasteiger partial charge in [0.1, 0.15) is 23.7 Å². The molecular formula is C27H26N4O2. The van der Waals surface area contributed by atoms with Gasteiger partial charge in [-0.1, -0.05) is 48.5 Å². The normalized spacial score (nSPS) is 13.9. The molecule has 0 N–H and O–H groups in total. The summed E-state index contributed by atoms with van der Waals surface area (Å²) >= 11 is 0. The summed E-state index contributed by atoms with van der Waals surface area (Å²) in [6.07, 6.45) is 4.98. The molecule has 2 heterocycles. The summed E-state index contributed by atoms with van der Waals surface area (Å²) in [6, 6.07) is 24.4. The summed E-state index contributed by atoms with van der Waals surface area (Å²) in [7, 11) is 0. The predicted molar refractivity (Wildman–Crippen MR) is 128 cm³/mol. The van der Waals surface area contributed by atoms with Gasteiger partial charge in [-0.3, -0.25) is 0 Å². The highest BCUT2D eigenvalue weighted by molar-refractivity contribution is 5.68. The SMILES string of the molecule is CC1(C)C=Cc2cc(-c3nnnn3CCc3ccc(OCc4ccccc4)cc3)ccc2O1. The molecule has 0 saturated carbocycles. The molecule has 5 rings (SSSR count). The van der Waals surface area contributed by atoms with Gasteiger partial charge in [-0.25, -0.2) is 4.68 Å². The topological polar surface area (TPSA) is 62.1 Å². The van der Waals surface area contributed by atoms with Crippen molar-refractivity contribution in [1.82, 2.24) is 20.2 Å². The Balaban J connectivity index is 1.23. The van der Waals surface area contributed by atoms with Gasteiger partial charge in [0.2, 0.25) is 0 Å². The third-order valence-corrected chi connectivity index (χ3v) is 5.62. The number of benzene rings is 3. The first kappa shape index (κ1) is 20.9. The van der Waals surface area contributed by atoms with Crippen LogP contribution in [0.2, 0.25) is 0 Å². The molecule has 33 heavy (non-hydrogen) atoms. The van der Waals surface area contributed by atoms with Crippen molar-refractivity contribution in [3.63, 3.8) is 0 Å². The van der Waals surface area contributed by atoms with Crippen LogP contribution in [0.25, 0.3) is 17.5 Å². The first-order valence-electron chi connectivity index (χ1n) is 11.1. The lowest BCUT2D eigenvalue weighted by Gasteiger charge is -2.27. The number of hydrogen-bond donors (Lipinski definition) is 0. The van der Waals surface area contributed by atoms with Crippen molar-refractivity contribution in [3.8, 4) is 22.9 Å². The maximum atomic E-state index is 6.02. The van der Waals surface area contributed by atoms with E-state index >= 15 is 0 Å². The number of rotatable bonds is 7. The van der Waals surface area contributed by atoms with E-state index in [1.165, 1.54) is 5.56 Å². The number of fused-ring (bicyclic) bond motifs is 1. The first-order valence-corrected chi connectivity index (χ1v) is 11.1. The van der Waals surface area contributed by atoms with Gasteiger partial charge >= 0.3 is 0 Å². The standard InChI is InChI=1S/C27H26N4O2/c1-27(2)16-14-22-18-23(10-13-25(22)33-27)26-28-29-30-31(26)17-15-20-8-11-24(12-9-20)32-19-21-6-4-3-5-7-21/h3-14,16,18H,15,17,19H2,1-2H3. The highest BCUT2D eigenvalue weighted by Crippen LogP contribution is 2.33. The first-order chi connectivity index (χ1) is 16.1. The van der Waals surface area contributed by atoms with E-state index in [1.807, 2.05) is 61.0 Å². The number of nitrogens with zero attached hydrogens (tertiary/aromatic N) is 4.